The first kappa shape index (κ1) is 11.2. The van der Waals surface area contributed by atoms with Crippen LogP contribution >= 0.6 is 11.3 Å². The van der Waals surface area contributed by atoms with Crippen molar-refractivity contribution in [1.29, 1.82) is 0 Å². The molecular formula is C14H10FNOS. The lowest BCUT2D eigenvalue weighted by atomic mass is 10.2. The maximum absolute atomic E-state index is 13.5. The molecular weight excluding hydrogens is 249 g/mol. The standard InChI is InChI=1S/C14H10FNOS/c15-12-4-2-1-3-10(12)9-16-7-5-13-11(14(16)17)6-8-18-13/h1-8H,9H2. The number of nitrogens with zero attached hydrogens (tertiary/aromatic N) is 1. The Morgan fingerprint density at radius 1 is 1.17 bits per heavy atom. The van der Waals surface area contributed by atoms with Crippen LogP contribution in [0, 0.1) is 5.82 Å². The Kier molecular flexibility index (Phi) is 2.72. The molecule has 0 bridgehead atoms. The number of thiophene rings is 1. The van der Waals surface area contributed by atoms with Gasteiger partial charge in [0, 0.05) is 16.5 Å². The number of rotatable bonds is 2. The molecule has 0 aliphatic rings. The number of pyridine rings is 1. The molecule has 0 aliphatic carbocycles. The minimum absolute atomic E-state index is 0.0722. The number of aromatic nitrogens is 1. The van der Waals surface area contributed by atoms with Crippen LogP contribution in [-0.4, -0.2) is 4.57 Å². The summed E-state index contributed by atoms with van der Waals surface area (Å²) in [6.07, 6.45) is 1.72. The topological polar surface area (TPSA) is 22.0 Å². The van der Waals surface area contributed by atoms with Gasteiger partial charge in [-0.05, 0) is 23.6 Å². The largest absolute Gasteiger partial charge is 0.310 e. The zero-order chi connectivity index (χ0) is 12.5. The molecule has 3 aromatic rings. The molecule has 0 aliphatic heterocycles. The molecule has 1 aromatic carbocycles. The summed E-state index contributed by atoms with van der Waals surface area (Å²) >= 11 is 1.53. The summed E-state index contributed by atoms with van der Waals surface area (Å²) in [5.74, 6) is -0.283. The summed E-state index contributed by atoms with van der Waals surface area (Å²) in [7, 11) is 0. The Bertz CT molecular complexity index is 760. The number of hydrogen-bond acceptors (Lipinski definition) is 2. The van der Waals surface area contributed by atoms with Crippen molar-refractivity contribution in [3.05, 3.63) is 69.7 Å². The predicted octanol–water partition coefficient (Wildman–Crippen LogP) is 3.25. The highest BCUT2D eigenvalue weighted by Gasteiger charge is 2.06. The number of benzene rings is 1. The minimum Gasteiger partial charge on any atom is -0.310 e. The summed E-state index contributed by atoms with van der Waals surface area (Å²) < 4.78 is 16.0. The van der Waals surface area contributed by atoms with Crippen LogP contribution in [0.5, 0.6) is 0 Å². The van der Waals surface area contributed by atoms with Gasteiger partial charge in [0.2, 0.25) is 0 Å². The lowest BCUT2D eigenvalue weighted by Gasteiger charge is -2.06. The molecule has 0 N–H and O–H groups in total. The fraction of sp³-hybridized carbons (Fsp3) is 0.0714. The zero-order valence-electron chi connectivity index (χ0n) is 9.47. The summed E-state index contributed by atoms with van der Waals surface area (Å²) in [4.78, 5) is 12.2. The maximum atomic E-state index is 13.5. The molecule has 3 rings (SSSR count). The zero-order valence-corrected chi connectivity index (χ0v) is 10.3. The van der Waals surface area contributed by atoms with E-state index in [0.29, 0.717) is 10.9 Å². The summed E-state index contributed by atoms with van der Waals surface area (Å²) in [6.45, 7) is 0.261. The lowest BCUT2D eigenvalue weighted by molar-refractivity contribution is 0.597. The van der Waals surface area contributed by atoms with Crippen LogP contribution < -0.4 is 5.56 Å². The molecule has 0 spiro atoms. The van der Waals surface area contributed by atoms with E-state index in [1.54, 1.807) is 30.5 Å². The summed E-state index contributed by atoms with van der Waals surface area (Å²) in [5.41, 5.74) is 0.450. The Morgan fingerprint density at radius 2 is 2.00 bits per heavy atom. The maximum Gasteiger partial charge on any atom is 0.259 e. The normalized spacial score (nSPS) is 10.9. The van der Waals surface area contributed by atoms with Crippen LogP contribution in [0.2, 0.25) is 0 Å². The molecule has 2 heterocycles. The fourth-order valence-corrected chi connectivity index (χ4v) is 2.71. The number of fused-ring (bicyclic) bond motifs is 1. The second-order valence-corrected chi connectivity index (χ2v) is 4.99. The number of hydrogen-bond donors (Lipinski definition) is 0. The van der Waals surface area contributed by atoms with Crippen LogP contribution in [0.1, 0.15) is 5.56 Å². The monoisotopic (exact) mass is 259 g/mol. The van der Waals surface area contributed by atoms with Crippen molar-refractivity contribution in [3.8, 4) is 0 Å². The first-order valence-corrected chi connectivity index (χ1v) is 6.44. The van der Waals surface area contributed by atoms with E-state index >= 15 is 0 Å². The van der Waals surface area contributed by atoms with Crippen molar-refractivity contribution in [2.45, 2.75) is 6.54 Å². The molecule has 18 heavy (non-hydrogen) atoms. The highest BCUT2D eigenvalue weighted by molar-refractivity contribution is 7.17. The Hall–Kier alpha value is -1.94. The molecule has 90 valence electrons. The lowest BCUT2D eigenvalue weighted by Crippen LogP contribution is -2.19. The molecule has 4 heteroatoms. The van der Waals surface area contributed by atoms with Gasteiger partial charge in [0.05, 0.1) is 11.9 Å². The highest BCUT2D eigenvalue weighted by atomic mass is 32.1. The Balaban J connectivity index is 2.08. The first-order chi connectivity index (χ1) is 8.75. The Morgan fingerprint density at radius 3 is 2.83 bits per heavy atom. The predicted molar refractivity (Wildman–Crippen MR) is 71.6 cm³/mol. The van der Waals surface area contributed by atoms with Crippen molar-refractivity contribution in [3.63, 3.8) is 0 Å². The van der Waals surface area contributed by atoms with Gasteiger partial charge >= 0.3 is 0 Å². The first-order valence-electron chi connectivity index (χ1n) is 5.56. The smallest absolute Gasteiger partial charge is 0.259 e. The van der Waals surface area contributed by atoms with Crippen LogP contribution in [0.3, 0.4) is 0 Å². The number of halogens is 1. The molecule has 0 unspecified atom stereocenters. The van der Waals surface area contributed by atoms with Crippen molar-refractivity contribution in [1.82, 2.24) is 4.57 Å². The molecule has 0 radical (unpaired) electrons. The highest BCUT2D eigenvalue weighted by Crippen LogP contribution is 2.17. The second kappa shape index (κ2) is 4.38. The van der Waals surface area contributed by atoms with Gasteiger partial charge in [-0.15, -0.1) is 11.3 Å². The molecule has 2 nitrogen and oxygen atoms in total. The second-order valence-electron chi connectivity index (χ2n) is 4.04. The van der Waals surface area contributed by atoms with Crippen molar-refractivity contribution < 1.29 is 4.39 Å². The van der Waals surface area contributed by atoms with E-state index in [4.69, 9.17) is 0 Å². The van der Waals surface area contributed by atoms with Gasteiger partial charge in [0.1, 0.15) is 5.82 Å². The van der Waals surface area contributed by atoms with Crippen LogP contribution in [-0.2, 0) is 6.54 Å². The van der Waals surface area contributed by atoms with E-state index in [-0.39, 0.29) is 17.9 Å². The molecule has 0 saturated heterocycles. The van der Waals surface area contributed by atoms with Gasteiger partial charge in [-0.2, -0.15) is 0 Å². The summed E-state index contributed by atoms with van der Waals surface area (Å²) in [6, 6.07) is 10.2. The third-order valence-corrected chi connectivity index (χ3v) is 3.77. The van der Waals surface area contributed by atoms with E-state index in [9.17, 15) is 9.18 Å². The van der Waals surface area contributed by atoms with Gasteiger partial charge in [-0.25, -0.2) is 4.39 Å². The third kappa shape index (κ3) is 1.84. The van der Waals surface area contributed by atoms with E-state index in [0.717, 1.165) is 4.70 Å². The Labute approximate surface area is 107 Å². The fourth-order valence-electron chi connectivity index (χ4n) is 1.94. The van der Waals surface area contributed by atoms with Gasteiger partial charge in [0.25, 0.3) is 5.56 Å². The van der Waals surface area contributed by atoms with E-state index in [2.05, 4.69) is 0 Å². The third-order valence-electron chi connectivity index (χ3n) is 2.89. The van der Waals surface area contributed by atoms with Gasteiger partial charge in [-0.3, -0.25) is 4.79 Å². The minimum atomic E-state index is -0.283. The van der Waals surface area contributed by atoms with Crippen LogP contribution in [0.15, 0.2) is 52.8 Å². The van der Waals surface area contributed by atoms with Gasteiger partial charge in [-0.1, -0.05) is 18.2 Å². The van der Waals surface area contributed by atoms with Crippen molar-refractivity contribution >= 4 is 21.4 Å². The quantitative estimate of drug-likeness (QED) is 0.692. The van der Waals surface area contributed by atoms with Crippen LogP contribution in [0.4, 0.5) is 4.39 Å². The molecule has 0 amide bonds. The van der Waals surface area contributed by atoms with E-state index in [1.807, 2.05) is 11.4 Å². The van der Waals surface area contributed by atoms with Crippen LogP contribution in [0.25, 0.3) is 10.1 Å². The van der Waals surface area contributed by atoms with E-state index < -0.39 is 0 Å². The van der Waals surface area contributed by atoms with Gasteiger partial charge < -0.3 is 4.57 Å². The molecule has 0 atom stereocenters. The van der Waals surface area contributed by atoms with E-state index in [1.165, 1.54) is 22.0 Å². The molecule has 0 fully saturated rings. The average Bonchev–Trinajstić information content (AvgIpc) is 2.84. The SMILES string of the molecule is O=c1c2ccsc2ccn1Cc1ccccc1F. The average molecular weight is 259 g/mol. The summed E-state index contributed by atoms with van der Waals surface area (Å²) in [5, 5.41) is 2.58. The molecule has 0 saturated carbocycles. The molecule has 2 aromatic heterocycles. The van der Waals surface area contributed by atoms with Gasteiger partial charge in [0.15, 0.2) is 0 Å². The van der Waals surface area contributed by atoms with Crippen molar-refractivity contribution in [2.24, 2.45) is 0 Å². The van der Waals surface area contributed by atoms with Crippen molar-refractivity contribution in [2.75, 3.05) is 0 Å².